The summed E-state index contributed by atoms with van der Waals surface area (Å²) in [4.78, 5) is 47.7. The number of sulfonamides is 1. The van der Waals surface area contributed by atoms with E-state index in [1.54, 1.807) is 29.3 Å². The van der Waals surface area contributed by atoms with Crippen molar-refractivity contribution in [3.8, 4) is 11.5 Å². The molecule has 0 saturated carbocycles. The highest BCUT2D eigenvalue weighted by Gasteiger charge is 2.31. The number of piperazine rings is 1. The van der Waals surface area contributed by atoms with Gasteiger partial charge in [-0.2, -0.15) is 0 Å². The Hall–Kier alpha value is -5.81. The fraction of sp³-hybridized carbons (Fsp3) is 0.383. The van der Waals surface area contributed by atoms with Crippen molar-refractivity contribution >= 4 is 68.0 Å². The molecule has 1 unspecified atom stereocenters. The number of fused-ring (bicyclic) bond motifs is 1. The Labute approximate surface area is 378 Å². The molecule has 2 saturated heterocycles. The van der Waals surface area contributed by atoms with Crippen LogP contribution in [0.4, 0.5) is 22.7 Å². The van der Waals surface area contributed by atoms with Gasteiger partial charge in [0.1, 0.15) is 17.1 Å². The average molecular weight is 910 g/mol. The van der Waals surface area contributed by atoms with E-state index in [2.05, 4.69) is 50.8 Å². The van der Waals surface area contributed by atoms with Gasteiger partial charge >= 0.3 is 0 Å². The van der Waals surface area contributed by atoms with Crippen LogP contribution in [0, 0.1) is 15.5 Å². The molecule has 64 heavy (non-hydrogen) atoms. The Bertz CT molecular complexity index is 2630. The molecule has 8 rings (SSSR count). The van der Waals surface area contributed by atoms with E-state index in [-0.39, 0.29) is 34.9 Å². The van der Waals surface area contributed by atoms with E-state index in [9.17, 15) is 28.1 Å². The number of hydrogen-bond donors (Lipinski definition) is 2. The molecule has 17 heteroatoms. The third kappa shape index (κ3) is 10.3. The highest BCUT2D eigenvalue weighted by Crippen LogP contribution is 2.44. The Morgan fingerprint density at radius 1 is 1.00 bits per heavy atom. The van der Waals surface area contributed by atoms with Crippen LogP contribution < -0.4 is 19.7 Å². The highest BCUT2D eigenvalue weighted by atomic mass is 35.5. The lowest BCUT2D eigenvalue weighted by atomic mass is 9.72. The lowest BCUT2D eigenvalue weighted by molar-refractivity contribution is -0.384. The number of carbonyl (C=O) groups is 2. The number of nitro benzene ring substituents is 1. The number of nitro groups is 1. The summed E-state index contributed by atoms with van der Waals surface area (Å²) in [7, 11) is -4.62. The van der Waals surface area contributed by atoms with Crippen LogP contribution >= 0.6 is 11.6 Å². The maximum absolute atomic E-state index is 14.0. The number of hydrogen-bond acceptors (Lipinski definition) is 12. The highest BCUT2D eigenvalue weighted by molar-refractivity contribution is 7.90. The third-order valence-corrected chi connectivity index (χ3v) is 14.0. The van der Waals surface area contributed by atoms with E-state index in [1.807, 2.05) is 24.3 Å². The molecule has 1 atom stereocenters. The molecule has 2 amide bonds. The quantitative estimate of drug-likeness (QED) is 0.0987. The molecule has 2 N–H and O–H groups in total. The minimum atomic E-state index is -4.62. The summed E-state index contributed by atoms with van der Waals surface area (Å²) >= 11 is 6.24. The molecule has 4 aromatic rings. The maximum Gasteiger partial charge on any atom is 0.293 e. The molecule has 336 valence electrons. The van der Waals surface area contributed by atoms with Crippen LogP contribution in [-0.2, 0) is 26.0 Å². The predicted molar refractivity (Wildman–Crippen MR) is 248 cm³/mol. The fourth-order valence-electron chi connectivity index (χ4n) is 8.76. The molecule has 3 heterocycles. The largest absolute Gasteiger partial charge is 0.454 e. The first kappa shape index (κ1) is 44.8. The van der Waals surface area contributed by atoms with Crippen molar-refractivity contribution in [2.45, 2.75) is 57.5 Å². The number of amides is 2. The van der Waals surface area contributed by atoms with Gasteiger partial charge in [0.15, 0.2) is 5.75 Å². The Balaban J connectivity index is 0.997. The zero-order valence-corrected chi connectivity index (χ0v) is 37.7. The van der Waals surface area contributed by atoms with Gasteiger partial charge in [0, 0.05) is 94.8 Å². The van der Waals surface area contributed by atoms with Gasteiger partial charge in [-0.25, -0.2) is 13.1 Å². The summed E-state index contributed by atoms with van der Waals surface area (Å²) in [6.07, 6.45) is 5.16. The van der Waals surface area contributed by atoms with Gasteiger partial charge in [0.25, 0.3) is 21.6 Å². The number of carbonyl (C=O) groups excluding carboxylic acids is 2. The van der Waals surface area contributed by atoms with E-state index in [4.69, 9.17) is 21.1 Å². The molecule has 1 aliphatic carbocycles. The third-order valence-electron chi connectivity index (χ3n) is 12.4. The number of allylic oxidation sites excluding steroid dienone is 1. The number of para-hydroxylation sites is 1. The molecule has 15 nitrogen and oxygen atoms in total. The number of morpholine rings is 1. The van der Waals surface area contributed by atoms with Crippen molar-refractivity contribution in [3.05, 3.63) is 116 Å². The van der Waals surface area contributed by atoms with Gasteiger partial charge < -0.3 is 24.6 Å². The van der Waals surface area contributed by atoms with Crippen molar-refractivity contribution in [2.24, 2.45) is 10.4 Å². The molecule has 0 bridgehead atoms. The van der Waals surface area contributed by atoms with Gasteiger partial charge in [0.2, 0.25) is 5.91 Å². The number of anilines is 2. The second-order valence-corrected chi connectivity index (χ2v) is 19.6. The van der Waals surface area contributed by atoms with Crippen LogP contribution in [0.2, 0.25) is 5.02 Å². The number of aliphatic imine (C=N–C) groups is 1. The van der Waals surface area contributed by atoms with E-state index >= 15 is 0 Å². The second-order valence-electron chi connectivity index (χ2n) is 17.5. The first-order chi connectivity index (χ1) is 30.6. The van der Waals surface area contributed by atoms with Crippen molar-refractivity contribution < 1.29 is 32.4 Å². The van der Waals surface area contributed by atoms with Crippen molar-refractivity contribution in [1.29, 1.82) is 0 Å². The molecule has 2 fully saturated rings. The topological polar surface area (TPSA) is 176 Å². The second kappa shape index (κ2) is 18.7. The monoisotopic (exact) mass is 909 g/mol. The van der Waals surface area contributed by atoms with Crippen LogP contribution in [0.5, 0.6) is 11.5 Å². The van der Waals surface area contributed by atoms with Crippen LogP contribution in [0.3, 0.4) is 0 Å². The van der Waals surface area contributed by atoms with Gasteiger partial charge in [-0.3, -0.25) is 29.6 Å². The lowest BCUT2D eigenvalue weighted by Gasteiger charge is -2.39. The van der Waals surface area contributed by atoms with Gasteiger partial charge in [0.05, 0.1) is 28.1 Å². The van der Waals surface area contributed by atoms with Crippen molar-refractivity contribution in [3.63, 3.8) is 0 Å². The number of benzene rings is 4. The standard InChI is InChI=1S/C47H52ClN7O8S/c1-31(56)54-23-24-62-37(30-54)28-50-41-14-12-38(26-42(41)55(58)59)64(60,61)51-46(57)39-13-11-36(25-44(39)63-43-6-4-5-33-16-18-49-45(33)43)53-21-19-52(20-22-53)29-34-15-17-47(2,3)27-40(34)32-7-9-35(48)10-8-32/h4-14,18,25-26,37,50H,15-17,19-24,27-30H2,1-3H3,(H,51,57). The Kier molecular flexibility index (Phi) is 13.1. The summed E-state index contributed by atoms with van der Waals surface area (Å²) in [6, 6.07) is 22.1. The SMILES string of the molecule is CC(=O)N1CCOC(CNc2ccc(S(=O)(=O)NC(=O)c3ccc(N4CCN(CC5=C(c6ccc(Cl)cc6)CC(C)(C)CC5)CC4)cc3Oc3cccc4c3N=CC4)cc2[N+](=O)[O-])C1. The molecule has 0 radical (unpaired) electrons. The van der Waals surface area contributed by atoms with E-state index < -0.39 is 37.5 Å². The van der Waals surface area contributed by atoms with E-state index in [0.29, 0.717) is 50.6 Å². The molecular formula is C47H52ClN7O8S. The fourth-order valence-corrected chi connectivity index (χ4v) is 9.87. The van der Waals surface area contributed by atoms with Gasteiger partial charge in [-0.15, -0.1) is 0 Å². The minimum Gasteiger partial charge on any atom is -0.454 e. The average Bonchev–Trinajstić information content (AvgIpc) is 3.77. The number of halogens is 1. The van der Waals surface area contributed by atoms with Gasteiger partial charge in [-0.1, -0.05) is 55.3 Å². The molecule has 0 spiro atoms. The van der Waals surface area contributed by atoms with Crippen molar-refractivity contribution in [2.75, 3.05) is 69.2 Å². The molecular weight excluding hydrogens is 858 g/mol. The summed E-state index contributed by atoms with van der Waals surface area (Å²) in [5.41, 5.74) is 6.19. The van der Waals surface area contributed by atoms with Crippen LogP contribution in [-0.4, -0.2) is 106 Å². The van der Waals surface area contributed by atoms with Crippen LogP contribution in [0.25, 0.3) is 5.57 Å². The zero-order chi connectivity index (χ0) is 45.2. The lowest BCUT2D eigenvalue weighted by Crippen LogP contribution is -2.47. The zero-order valence-electron chi connectivity index (χ0n) is 36.1. The molecule has 4 aromatic carbocycles. The summed E-state index contributed by atoms with van der Waals surface area (Å²) in [6.45, 7) is 11.3. The minimum absolute atomic E-state index is 0.0488. The summed E-state index contributed by atoms with van der Waals surface area (Å²) in [5, 5.41) is 15.8. The van der Waals surface area contributed by atoms with Crippen molar-refractivity contribution in [1.82, 2.24) is 14.5 Å². The maximum atomic E-state index is 14.0. The van der Waals surface area contributed by atoms with E-state index in [0.717, 1.165) is 61.2 Å². The van der Waals surface area contributed by atoms with Crippen LogP contribution in [0.15, 0.2) is 94.3 Å². The smallest absolute Gasteiger partial charge is 0.293 e. The Morgan fingerprint density at radius 3 is 2.53 bits per heavy atom. The first-order valence-corrected chi connectivity index (χ1v) is 23.4. The van der Waals surface area contributed by atoms with Gasteiger partial charge in [-0.05, 0) is 83.8 Å². The molecule has 0 aromatic heterocycles. The Morgan fingerprint density at radius 2 is 1.78 bits per heavy atom. The number of rotatable bonds is 13. The number of nitrogens with zero attached hydrogens (tertiary/aromatic N) is 5. The molecule has 4 aliphatic rings. The van der Waals surface area contributed by atoms with E-state index in [1.165, 1.54) is 41.8 Å². The predicted octanol–water partition coefficient (Wildman–Crippen LogP) is 7.86. The molecule has 3 aliphatic heterocycles. The normalized spacial score (nSPS) is 18.7. The summed E-state index contributed by atoms with van der Waals surface area (Å²) in [5.74, 6) is -0.534. The number of ether oxygens (including phenoxy) is 2. The number of nitrogens with one attached hydrogen (secondary N) is 2. The van der Waals surface area contributed by atoms with Crippen LogP contribution in [0.1, 0.15) is 61.5 Å². The summed E-state index contributed by atoms with van der Waals surface area (Å²) < 4.78 is 41.8. The first-order valence-electron chi connectivity index (χ1n) is 21.5.